The number of benzene rings is 2. The third-order valence-electron chi connectivity index (χ3n) is 2.95. The molecule has 2 rings (SSSR count). The van der Waals surface area contributed by atoms with Gasteiger partial charge in [0.2, 0.25) is 0 Å². The van der Waals surface area contributed by atoms with Crippen LogP contribution in [-0.2, 0) is 4.74 Å². The minimum atomic E-state index is -0.708. The molecule has 0 radical (unpaired) electrons. The number of nitrogens with one attached hydrogen (secondary N) is 1. The Balaban J connectivity index is 2.28. The third kappa shape index (κ3) is 3.94. The highest BCUT2D eigenvalue weighted by Gasteiger charge is 2.17. The van der Waals surface area contributed by atoms with Crippen LogP contribution in [0, 0.1) is 0 Å². The number of aromatic hydroxyl groups is 1. The lowest BCUT2D eigenvalue weighted by Crippen LogP contribution is -2.14. The molecule has 0 unspecified atom stereocenters. The number of carbonyl (C=O) groups excluding carboxylic acids is 2. The van der Waals surface area contributed by atoms with Crippen LogP contribution in [0.4, 0.5) is 5.69 Å². The average molecular weight is 354 g/mol. The molecule has 120 valence electrons. The maximum Gasteiger partial charge on any atom is 0.341 e. The zero-order chi connectivity index (χ0) is 17.0. The Morgan fingerprint density at radius 1 is 1.22 bits per heavy atom. The van der Waals surface area contributed by atoms with Crippen LogP contribution < -0.4 is 5.32 Å². The summed E-state index contributed by atoms with van der Waals surface area (Å²) in [6, 6.07) is 8.72. The second-order valence-corrected chi connectivity index (χ2v) is 5.29. The van der Waals surface area contributed by atoms with E-state index in [0.717, 1.165) is 0 Å². The summed E-state index contributed by atoms with van der Waals surface area (Å²) < 4.78 is 4.83. The fraction of sp³-hybridized carbons (Fsp3) is 0.125. The van der Waals surface area contributed by atoms with E-state index in [9.17, 15) is 14.7 Å². The van der Waals surface area contributed by atoms with Crippen LogP contribution in [0.15, 0.2) is 36.4 Å². The molecule has 0 bridgehead atoms. The summed E-state index contributed by atoms with van der Waals surface area (Å²) in [5, 5.41) is 12.8. The Hall–Kier alpha value is -2.24. The van der Waals surface area contributed by atoms with E-state index < -0.39 is 11.9 Å². The SMILES string of the molecule is CCOC(=O)c1cc(C(=O)Nc2cccc(Cl)c2Cl)ccc1O. The van der Waals surface area contributed by atoms with Crippen LogP contribution in [0.1, 0.15) is 27.6 Å². The van der Waals surface area contributed by atoms with Crippen molar-refractivity contribution in [1.29, 1.82) is 0 Å². The molecule has 7 heteroatoms. The van der Waals surface area contributed by atoms with Crippen molar-refractivity contribution < 1.29 is 19.4 Å². The van der Waals surface area contributed by atoms with E-state index in [-0.39, 0.29) is 28.5 Å². The van der Waals surface area contributed by atoms with E-state index in [2.05, 4.69) is 5.32 Å². The Kier molecular flexibility index (Phi) is 5.47. The number of esters is 1. The molecule has 2 N–H and O–H groups in total. The first kappa shape index (κ1) is 17.1. The van der Waals surface area contributed by atoms with Crippen molar-refractivity contribution >= 4 is 40.8 Å². The summed E-state index contributed by atoms with van der Waals surface area (Å²) >= 11 is 11.9. The molecule has 0 aliphatic carbocycles. The average Bonchev–Trinajstić information content (AvgIpc) is 2.52. The fourth-order valence-electron chi connectivity index (χ4n) is 1.84. The number of carbonyl (C=O) groups is 2. The molecule has 2 aromatic carbocycles. The molecule has 0 fully saturated rings. The predicted octanol–water partition coefficient (Wildman–Crippen LogP) is 4.13. The van der Waals surface area contributed by atoms with Gasteiger partial charge in [0.05, 0.1) is 22.3 Å². The van der Waals surface area contributed by atoms with E-state index >= 15 is 0 Å². The number of amides is 1. The summed E-state index contributed by atoms with van der Waals surface area (Å²) in [5.41, 5.74) is 0.425. The molecule has 2 aromatic rings. The number of hydrogen-bond acceptors (Lipinski definition) is 4. The van der Waals surface area contributed by atoms with Crippen LogP contribution in [0.2, 0.25) is 10.0 Å². The molecule has 23 heavy (non-hydrogen) atoms. The number of hydrogen-bond donors (Lipinski definition) is 2. The molecule has 0 heterocycles. The predicted molar refractivity (Wildman–Crippen MR) is 88.5 cm³/mol. The largest absolute Gasteiger partial charge is 0.507 e. The Morgan fingerprint density at radius 2 is 1.96 bits per heavy atom. The lowest BCUT2D eigenvalue weighted by molar-refractivity contribution is 0.0523. The van der Waals surface area contributed by atoms with Gasteiger partial charge >= 0.3 is 5.97 Å². The molecule has 5 nitrogen and oxygen atoms in total. The van der Waals surface area contributed by atoms with Crippen molar-refractivity contribution in [3.05, 3.63) is 57.6 Å². The number of phenols is 1. The van der Waals surface area contributed by atoms with Crippen molar-refractivity contribution in [3.63, 3.8) is 0 Å². The van der Waals surface area contributed by atoms with Gasteiger partial charge in [-0.05, 0) is 37.3 Å². The van der Waals surface area contributed by atoms with Gasteiger partial charge in [0, 0.05) is 5.56 Å². The van der Waals surface area contributed by atoms with E-state index in [4.69, 9.17) is 27.9 Å². The van der Waals surface area contributed by atoms with Crippen LogP contribution >= 0.6 is 23.2 Å². The van der Waals surface area contributed by atoms with E-state index in [1.807, 2.05) is 0 Å². The number of anilines is 1. The van der Waals surface area contributed by atoms with Gasteiger partial charge in [0.1, 0.15) is 11.3 Å². The van der Waals surface area contributed by atoms with Gasteiger partial charge in [-0.1, -0.05) is 29.3 Å². The first-order valence-electron chi connectivity index (χ1n) is 6.69. The van der Waals surface area contributed by atoms with Crippen LogP contribution in [0.25, 0.3) is 0 Å². The maximum atomic E-state index is 12.3. The fourth-order valence-corrected chi connectivity index (χ4v) is 2.19. The molecular weight excluding hydrogens is 341 g/mol. The van der Waals surface area contributed by atoms with Gasteiger partial charge < -0.3 is 15.2 Å². The van der Waals surface area contributed by atoms with Crippen molar-refractivity contribution in [3.8, 4) is 5.75 Å². The summed E-state index contributed by atoms with van der Waals surface area (Å²) in [7, 11) is 0. The number of phenolic OH excluding ortho intramolecular Hbond substituents is 1. The highest BCUT2D eigenvalue weighted by Crippen LogP contribution is 2.30. The zero-order valence-electron chi connectivity index (χ0n) is 12.1. The van der Waals surface area contributed by atoms with Gasteiger partial charge in [-0.25, -0.2) is 4.79 Å². The van der Waals surface area contributed by atoms with Gasteiger partial charge in [0.15, 0.2) is 0 Å². The molecule has 0 aromatic heterocycles. The van der Waals surface area contributed by atoms with Gasteiger partial charge in [-0.3, -0.25) is 4.79 Å². The van der Waals surface area contributed by atoms with Crippen molar-refractivity contribution in [2.24, 2.45) is 0 Å². The van der Waals surface area contributed by atoms with Gasteiger partial charge in [0.25, 0.3) is 5.91 Å². The summed E-state index contributed by atoms with van der Waals surface area (Å²) in [6.07, 6.45) is 0. The molecule has 1 amide bonds. The number of ether oxygens (including phenoxy) is 1. The molecule has 0 spiro atoms. The van der Waals surface area contributed by atoms with Crippen LogP contribution in [-0.4, -0.2) is 23.6 Å². The summed E-state index contributed by atoms with van der Waals surface area (Å²) in [4.78, 5) is 24.0. The Morgan fingerprint density at radius 3 is 2.65 bits per heavy atom. The van der Waals surface area contributed by atoms with Crippen LogP contribution in [0.3, 0.4) is 0 Å². The maximum absolute atomic E-state index is 12.3. The first-order valence-corrected chi connectivity index (χ1v) is 7.45. The van der Waals surface area contributed by atoms with Crippen LogP contribution in [0.5, 0.6) is 5.75 Å². The Bertz CT molecular complexity index is 762. The molecule has 0 saturated carbocycles. The summed E-state index contributed by atoms with van der Waals surface area (Å²) in [5.74, 6) is -1.47. The van der Waals surface area contributed by atoms with Crippen molar-refractivity contribution in [2.75, 3.05) is 11.9 Å². The Labute approximate surface area is 142 Å². The normalized spacial score (nSPS) is 10.2. The van der Waals surface area contributed by atoms with Gasteiger partial charge in [-0.2, -0.15) is 0 Å². The van der Waals surface area contributed by atoms with Crippen molar-refractivity contribution in [2.45, 2.75) is 6.92 Å². The monoisotopic (exact) mass is 353 g/mol. The molecular formula is C16H13Cl2NO4. The van der Waals surface area contributed by atoms with E-state index in [1.54, 1.807) is 25.1 Å². The molecule has 0 atom stereocenters. The topological polar surface area (TPSA) is 75.6 Å². The third-order valence-corrected chi connectivity index (χ3v) is 3.77. The quantitative estimate of drug-likeness (QED) is 0.810. The highest BCUT2D eigenvalue weighted by atomic mass is 35.5. The number of rotatable bonds is 4. The molecule has 0 saturated heterocycles. The lowest BCUT2D eigenvalue weighted by Gasteiger charge is -2.10. The lowest BCUT2D eigenvalue weighted by atomic mass is 10.1. The number of halogens is 2. The smallest absolute Gasteiger partial charge is 0.341 e. The molecule has 0 aliphatic rings. The minimum Gasteiger partial charge on any atom is -0.507 e. The highest BCUT2D eigenvalue weighted by molar-refractivity contribution is 6.44. The zero-order valence-corrected chi connectivity index (χ0v) is 13.6. The molecule has 0 aliphatic heterocycles. The van der Waals surface area contributed by atoms with E-state index in [0.29, 0.717) is 10.7 Å². The standard InChI is InChI=1S/C16H13Cl2NO4/c1-2-23-16(22)10-8-9(6-7-13(10)20)15(21)19-12-5-3-4-11(17)14(12)18/h3-8,20H,2H2,1H3,(H,19,21). The van der Waals surface area contributed by atoms with Crippen molar-refractivity contribution in [1.82, 2.24) is 0 Å². The second kappa shape index (κ2) is 7.35. The van der Waals surface area contributed by atoms with Gasteiger partial charge in [-0.15, -0.1) is 0 Å². The summed E-state index contributed by atoms with van der Waals surface area (Å²) in [6.45, 7) is 1.81. The van der Waals surface area contributed by atoms with E-state index in [1.165, 1.54) is 18.2 Å². The first-order chi connectivity index (χ1) is 10.9. The second-order valence-electron chi connectivity index (χ2n) is 4.51. The minimum absolute atomic E-state index is 0.0864.